The molecule has 3 nitrogen and oxygen atoms in total. The molecule has 3 heteroatoms. The predicted molar refractivity (Wildman–Crippen MR) is 64.1 cm³/mol. The topological polar surface area (TPSA) is 37.4 Å². The Morgan fingerprint density at radius 3 is 2.31 bits per heavy atom. The Labute approximate surface area is 98.2 Å². The van der Waals surface area contributed by atoms with Crippen molar-refractivity contribution in [3.05, 3.63) is 0 Å². The van der Waals surface area contributed by atoms with Gasteiger partial charge in [0.2, 0.25) is 5.91 Å². The fraction of sp³-hybridized carbons (Fsp3) is 0.846. The van der Waals surface area contributed by atoms with Gasteiger partial charge in [0.25, 0.3) is 0 Å². The second-order valence-corrected chi connectivity index (χ2v) is 5.48. The fourth-order valence-corrected chi connectivity index (χ4v) is 2.57. The van der Waals surface area contributed by atoms with Crippen LogP contribution in [0.1, 0.15) is 47.0 Å². The van der Waals surface area contributed by atoms with E-state index in [0.29, 0.717) is 12.8 Å². The van der Waals surface area contributed by atoms with Crippen molar-refractivity contribution in [3.63, 3.8) is 0 Å². The Hall–Kier alpha value is -0.860. The third kappa shape index (κ3) is 3.06. The Kier molecular flexibility index (Phi) is 4.11. The lowest BCUT2D eigenvalue weighted by atomic mass is 9.90. The SMILES string of the molecule is CCN(CC)C(=O)CC1CC(C)(C)CC1=O. The summed E-state index contributed by atoms with van der Waals surface area (Å²) in [6.07, 6.45) is 1.89. The normalized spacial score (nSPS) is 23.5. The Bertz CT molecular complexity index is 280. The molecule has 0 aliphatic heterocycles. The molecular formula is C13H23NO2. The van der Waals surface area contributed by atoms with Crippen molar-refractivity contribution in [2.75, 3.05) is 13.1 Å². The maximum atomic E-state index is 11.9. The average molecular weight is 225 g/mol. The largest absolute Gasteiger partial charge is 0.343 e. The number of nitrogens with zero attached hydrogens (tertiary/aromatic N) is 1. The number of amides is 1. The van der Waals surface area contributed by atoms with Gasteiger partial charge >= 0.3 is 0 Å². The van der Waals surface area contributed by atoms with Gasteiger partial charge in [-0.05, 0) is 25.7 Å². The van der Waals surface area contributed by atoms with Crippen molar-refractivity contribution in [1.82, 2.24) is 4.90 Å². The molecule has 1 aliphatic carbocycles. The van der Waals surface area contributed by atoms with E-state index in [0.717, 1.165) is 19.5 Å². The fourth-order valence-electron chi connectivity index (χ4n) is 2.57. The highest BCUT2D eigenvalue weighted by atomic mass is 16.2. The van der Waals surface area contributed by atoms with E-state index in [9.17, 15) is 9.59 Å². The molecule has 1 saturated carbocycles. The van der Waals surface area contributed by atoms with E-state index in [4.69, 9.17) is 0 Å². The molecule has 1 aliphatic rings. The van der Waals surface area contributed by atoms with Crippen molar-refractivity contribution in [2.24, 2.45) is 11.3 Å². The third-order valence-corrected chi connectivity index (χ3v) is 3.44. The van der Waals surface area contributed by atoms with Gasteiger partial charge in [-0.3, -0.25) is 9.59 Å². The number of carbonyl (C=O) groups is 2. The quantitative estimate of drug-likeness (QED) is 0.736. The molecule has 92 valence electrons. The summed E-state index contributed by atoms with van der Waals surface area (Å²) in [5, 5.41) is 0. The molecule has 1 rings (SSSR count). The predicted octanol–water partition coefficient (Wildman–Crippen LogP) is 2.25. The van der Waals surface area contributed by atoms with Crippen molar-refractivity contribution >= 4 is 11.7 Å². The molecule has 1 atom stereocenters. The summed E-state index contributed by atoms with van der Waals surface area (Å²) in [7, 11) is 0. The van der Waals surface area contributed by atoms with E-state index < -0.39 is 0 Å². The van der Waals surface area contributed by atoms with Gasteiger partial charge in [-0.25, -0.2) is 0 Å². The van der Waals surface area contributed by atoms with E-state index >= 15 is 0 Å². The number of rotatable bonds is 4. The van der Waals surface area contributed by atoms with Crippen molar-refractivity contribution in [2.45, 2.75) is 47.0 Å². The van der Waals surface area contributed by atoms with Crippen LogP contribution in [0.15, 0.2) is 0 Å². The maximum absolute atomic E-state index is 11.9. The van der Waals surface area contributed by atoms with Gasteiger partial charge < -0.3 is 4.90 Å². The number of carbonyl (C=O) groups excluding carboxylic acids is 2. The molecule has 0 N–H and O–H groups in total. The number of hydrogen-bond acceptors (Lipinski definition) is 2. The minimum Gasteiger partial charge on any atom is -0.343 e. The van der Waals surface area contributed by atoms with Crippen LogP contribution in [0.25, 0.3) is 0 Å². The smallest absolute Gasteiger partial charge is 0.223 e. The zero-order valence-electron chi connectivity index (χ0n) is 10.9. The molecule has 0 aromatic heterocycles. The highest BCUT2D eigenvalue weighted by Crippen LogP contribution is 2.40. The number of hydrogen-bond donors (Lipinski definition) is 0. The van der Waals surface area contributed by atoms with Gasteiger partial charge in [0.15, 0.2) is 0 Å². The van der Waals surface area contributed by atoms with Crippen molar-refractivity contribution < 1.29 is 9.59 Å². The van der Waals surface area contributed by atoms with Gasteiger partial charge in [0.05, 0.1) is 0 Å². The van der Waals surface area contributed by atoms with Crippen LogP contribution in [0.5, 0.6) is 0 Å². The highest BCUT2D eigenvalue weighted by Gasteiger charge is 2.39. The molecular weight excluding hydrogens is 202 g/mol. The van der Waals surface area contributed by atoms with Gasteiger partial charge in [0, 0.05) is 31.8 Å². The molecule has 0 aromatic carbocycles. The van der Waals surface area contributed by atoms with Crippen LogP contribution in [-0.4, -0.2) is 29.7 Å². The minimum absolute atomic E-state index is 0.0388. The summed E-state index contributed by atoms with van der Waals surface area (Å²) >= 11 is 0. The van der Waals surface area contributed by atoms with Gasteiger partial charge in [-0.15, -0.1) is 0 Å². The second-order valence-electron chi connectivity index (χ2n) is 5.48. The standard InChI is InChI=1S/C13H23NO2/c1-5-14(6-2)12(16)7-10-8-13(3,4)9-11(10)15/h10H,5-9H2,1-4H3. The zero-order chi connectivity index (χ0) is 12.3. The molecule has 16 heavy (non-hydrogen) atoms. The van der Waals surface area contributed by atoms with Crippen molar-refractivity contribution in [3.8, 4) is 0 Å². The molecule has 0 heterocycles. The Balaban J connectivity index is 2.55. The molecule has 0 bridgehead atoms. The first-order valence-electron chi connectivity index (χ1n) is 6.20. The van der Waals surface area contributed by atoms with Crippen LogP contribution in [-0.2, 0) is 9.59 Å². The maximum Gasteiger partial charge on any atom is 0.223 e. The van der Waals surface area contributed by atoms with E-state index in [1.165, 1.54) is 0 Å². The lowest BCUT2D eigenvalue weighted by Crippen LogP contribution is -2.32. The van der Waals surface area contributed by atoms with E-state index in [1.54, 1.807) is 4.90 Å². The van der Waals surface area contributed by atoms with Crippen LogP contribution in [0.3, 0.4) is 0 Å². The molecule has 1 unspecified atom stereocenters. The highest BCUT2D eigenvalue weighted by molar-refractivity contribution is 5.89. The Morgan fingerprint density at radius 1 is 1.38 bits per heavy atom. The molecule has 1 fully saturated rings. The summed E-state index contributed by atoms with van der Waals surface area (Å²) in [4.78, 5) is 25.4. The first kappa shape index (κ1) is 13.2. The summed E-state index contributed by atoms with van der Waals surface area (Å²) in [6.45, 7) is 9.63. The molecule has 0 aromatic rings. The average Bonchev–Trinajstić information content (AvgIpc) is 2.41. The van der Waals surface area contributed by atoms with Crippen LogP contribution >= 0.6 is 0 Å². The van der Waals surface area contributed by atoms with Crippen LogP contribution in [0.4, 0.5) is 0 Å². The van der Waals surface area contributed by atoms with Gasteiger partial charge in [-0.1, -0.05) is 13.8 Å². The molecule has 0 saturated heterocycles. The molecule has 0 spiro atoms. The minimum atomic E-state index is -0.0388. The monoisotopic (exact) mass is 225 g/mol. The van der Waals surface area contributed by atoms with E-state index in [-0.39, 0.29) is 23.0 Å². The lowest BCUT2D eigenvalue weighted by Gasteiger charge is -2.21. The van der Waals surface area contributed by atoms with Crippen molar-refractivity contribution in [1.29, 1.82) is 0 Å². The second kappa shape index (κ2) is 4.98. The first-order chi connectivity index (χ1) is 7.39. The Morgan fingerprint density at radius 2 is 1.94 bits per heavy atom. The summed E-state index contributed by atoms with van der Waals surface area (Å²) in [6, 6.07) is 0. The van der Waals surface area contributed by atoms with Crippen LogP contribution in [0.2, 0.25) is 0 Å². The van der Waals surface area contributed by atoms with Crippen LogP contribution in [0, 0.1) is 11.3 Å². The lowest BCUT2D eigenvalue weighted by molar-refractivity contribution is -0.134. The summed E-state index contributed by atoms with van der Waals surface area (Å²) in [5.74, 6) is 0.356. The van der Waals surface area contributed by atoms with Gasteiger partial charge in [-0.2, -0.15) is 0 Å². The molecule has 0 radical (unpaired) electrons. The summed E-state index contributed by atoms with van der Waals surface area (Å²) in [5.41, 5.74) is 0.0886. The number of ketones is 1. The summed E-state index contributed by atoms with van der Waals surface area (Å²) < 4.78 is 0. The third-order valence-electron chi connectivity index (χ3n) is 3.44. The van der Waals surface area contributed by atoms with Crippen LogP contribution < -0.4 is 0 Å². The van der Waals surface area contributed by atoms with E-state index in [2.05, 4.69) is 13.8 Å². The number of Topliss-reactive ketones (excluding diaryl/α,β-unsaturated/α-hetero) is 1. The first-order valence-corrected chi connectivity index (χ1v) is 6.20. The zero-order valence-corrected chi connectivity index (χ0v) is 10.9. The van der Waals surface area contributed by atoms with E-state index in [1.807, 2.05) is 13.8 Å². The molecule has 1 amide bonds. The van der Waals surface area contributed by atoms with Gasteiger partial charge in [0.1, 0.15) is 5.78 Å².